The minimum absolute atomic E-state index is 0.0769. The van der Waals surface area contributed by atoms with Gasteiger partial charge in [-0.25, -0.2) is 0 Å². The lowest BCUT2D eigenvalue weighted by molar-refractivity contribution is -0.163. The number of rotatable bonds is 5. The van der Waals surface area contributed by atoms with Gasteiger partial charge in [0.2, 0.25) is 0 Å². The second-order valence-electron chi connectivity index (χ2n) is 14.9. The molecule has 1 unspecified atom stereocenters. The van der Waals surface area contributed by atoms with Gasteiger partial charge < -0.3 is 24.8 Å². The van der Waals surface area contributed by atoms with Gasteiger partial charge in [-0.05, 0) is 74.4 Å². The quantitative estimate of drug-likeness (QED) is 0.339. The summed E-state index contributed by atoms with van der Waals surface area (Å²) in [5.74, 6) is 1.59. The van der Waals surface area contributed by atoms with E-state index in [1.165, 1.54) is 5.56 Å². The van der Waals surface area contributed by atoms with Crippen LogP contribution in [0.3, 0.4) is 0 Å². The summed E-state index contributed by atoms with van der Waals surface area (Å²) >= 11 is 0. The second-order valence-corrected chi connectivity index (χ2v) is 14.9. The number of aromatic hydroxyl groups is 2. The van der Waals surface area contributed by atoms with Gasteiger partial charge in [-0.2, -0.15) is 10.2 Å². The molecule has 1 saturated carbocycles. The Morgan fingerprint density at radius 1 is 0.851 bits per heavy atom. The predicted octanol–water partition coefficient (Wildman–Crippen LogP) is 3.94. The van der Waals surface area contributed by atoms with Crippen molar-refractivity contribution in [2.45, 2.75) is 79.2 Å². The van der Waals surface area contributed by atoms with Crippen LogP contribution in [-0.4, -0.2) is 92.6 Å². The average Bonchev–Trinajstić information content (AvgIpc) is 3.60. The molecule has 4 heterocycles. The van der Waals surface area contributed by atoms with E-state index < -0.39 is 17.1 Å². The summed E-state index contributed by atoms with van der Waals surface area (Å²) < 4.78 is 13.4. The summed E-state index contributed by atoms with van der Waals surface area (Å²) in [6, 6.07) is 7.78. The highest BCUT2D eigenvalue weighted by Gasteiger charge is 2.72. The SMILES string of the molecule is C=CCN1CC[C@]23c4c5ccc(O)c4O[C@H]2C(=NN=C2C=C[C@H]4[C@H]6Cc7ccc(O)c8c7[C@@]4(CCN6CC=C)[C@H]2O8)CC[C@@]3(O)C1C5. The largest absolute Gasteiger partial charge is 0.504 e. The van der Waals surface area contributed by atoms with Gasteiger partial charge >= 0.3 is 0 Å². The fraction of sp³-hybridized carbons (Fsp3) is 0.474. The number of hydrogen-bond donors (Lipinski definition) is 3. The molecule has 2 aromatic carbocycles. The fourth-order valence-electron chi connectivity index (χ4n) is 11.5. The number of phenolic OH excluding ortho intramolecular Hbond substituents is 2. The molecular weight excluding hydrogens is 592 g/mol. The van der Waals surface area contributed by atoms with Crippen LogP contribution in [0.2, 0.25) is 0 Å². The first kappa shape index (κ1) is 28.1. The number of likely N-dealkylation sites (tertiary alicyclic amines) is 2. The van der Waals surface area contributed by atoms with Crippen molar-refractivity contribution in [3.05, 3.63) is 84.0 Å². The van der Waals surface area contributed by atoms with Gasteiger partial charge in [0.05, 0.1) is 22.1 Å². The van der Waals surface area contributed by atoms with E-state index in [4.69, 9.17) is 19.7 Å². The smallest absolute Gasteiger partial charge is 0.166 e. The lowest BCUT2D eigenvalue weighted by Crippen LogP contribution is -2.76. The first-order valence-corrected chi connectivity index (χ1v) is 17.1. The number of ether oxygens (including phenoxy) is 2. The lowest BCUT2D eigenvalue weighted by atomic mass is 9.49. The Morgan fingerprint density at radius 2 is 1.55 bits per heavy atom. The highest BCUT2D eigenvalue weighted by atomic mass is 16.5. The Balaban J connectivity index is 1.08. The van der Waals surface area contributed by atoms with Crippen molar-refractivity contribution in [1.29, 1.82) is 0 Å². The number of benzene rings is 2. The van der Waals surface area contributed by atoms with Crippen LogP contribution in [0.15, 0.2) is 71.9 Å². The minimum atomic E-state index is -1.03. The molecule has 0 amide bonds. The van der Waals surface area contributed by atoms with Crippen LogP contribution in [0, 0.1) is 5.92 Å². The van der Waals surface area contributed by atoms with Gasteiger partial charge in [0.1, 0.15) is 5.71 Å². The van der Waals surface area contributed by atoms with Crippen LogP contribution >= 0.6 is 0 Å². The van der Waals surface area contributed by atoms with E-state index in [2.05, 4.69) is 41.2 Å². The molecule has 3 fully saturated rings. The van der Waals surface area contributed by atoms with Gasteiger partial charge in [-0.15, -0.1) is 13.2 Å². The summed E-state index contributed by atoms with van der Waals surface area (Å²) in [7, 11) is 0. The molecule has 0 aromatic heterocycles. The molecule has 8 aliphatic rings. The zero-order valence-corrected chi connectivity index (χ0v) is 26.4. The van der Waals surface area contributed by atoms with Crippen LogP contribution in [0.4, 0.5) is 0 Å². The third kappa shape index (κ3) is 3.21. The van der Waals surface area contributed by atoms with Crippen molar-refractivity contribution in [3.8, 4) is 23.0 Å². The number of piperidine rings is 2. The Bertz CT molecular complexity index is 1870. The zero-order chi connectivity index (χ0) is 31.9. The van der Waals surface area contributed by atoms with Crippen molar-refractivity contribution in [3.63, 3.8) is 0 Å². The van der Waals surface area contributed by atoms with E-state index >= 15 is 0 Å². The molecule has 3 N–H and O–H groups in total. The number of phenols is 2. The summed E-state index contributed by atoms with van der Waals surface area (Å²) in [6.45, 7) is 11.3. The van der Waals surface area contributed by atoms with Gasteiger partial charge in [0.15, 0.2) is 35.2 Å². The number of hydrogen-bond acceptors (Lipinski definition) is 9. The molecule has 4 bridgehead atoms. The normalized spacial score (nSPS) is 40.1. The second kappa shape index (κ2) is 9.36. The van der Waals surface area contributed by atoms with Gasteiger partial charge in [-0.1, -0.05) is 30.4 Å². The lowest BCUT2D eigenvalue weighted by Gasteiger charge is -2.62. The molecule has 8 atom stereocenters. The van der Waals surface area contributed by atoms with Crippen molar-refractivity contribution < 1.29 is 24.8 Å². The van der Waals surface area contributed by atoms with Crippen LogP contribution in [-0.2, 0) is 23.7 Å². The van der Waals surface area contributed by atoms with E-state index in [0.29, 0.717) is 49.8 Å². The minimum Gasteiger partial charge on any atom is -0.504 e. The highest BCUT2D eigenvalue weighted by molar-refractivity contribution is 6.03. The molecule has 4 aliphatic carbocycles. The van der Waals surface area contributed by atoms with Crippen molar-refractivity contribution in [1.82, 2.24) is 9.80 Å². The van der Waals surface area contributed by atoms with Crippen LogP contribution < -0.4 is 9.47 Å². The molecule has 2 aromatic rings. The Labute approximate surface area is 274 Å². The average molecular weight is 633 g/mol. The standard InChI is InChI=1S/C38H40N4O5/c1-3-15-41-17-13-36-23-7-8-24(34(36)46-32-27(43)9-5-21(30(32)36)19-26(23)41)39-40-25-11-12-38(45)29-20-22-6-10-28(44)33-31(22)37(38,35(25)47-33)14-18-42(29)16-4-2/h3-10,23,26,29,34-35,43-45H,1-2,11-20H2/t23-,26+,29?,34-,35-,36-,37-,38+/m0/s1. The third-order valence-corrected chi connectivity index (χ3v) is 13.3. The van der Waals surface area contributed by atoms with E-state index in [1.807, 2.05) is 18.2 Å². The van der Waals surface area contributed by atoms with Crippen LogP contribution in [0.1, 0.15) is 47.9 Å². The molecule has 9 heteroatoms. The monoisotopic (exact) mass is 632 g/mol. The molecule has 0 radical (unpaired) electrons. The summed E-state index contributed by atoms with van der Waals surface area (Å²) in [4.78, 5) is 4.88. The van der Waals surface area contributed by atoms with Gasteiger partial charge in [-0.3, -0.25) is 9.80 Å². The van der Waals surface area contributed by atoms with Crippen molar-refractivity contribution in [2.75, 3.05) is 26.2 Å². The number of aliphatic hydroxyl groups is 1. The zero-order valence-electron chi connectivity index (χ0n) is 26.4. The van der Waals surface area contributed by atoms with E-state index in [1.54, 1.807) is 12.1 Å². The first-order chi connectivity index (χ1) is 22.9. The molecule has 9 nitrogen and oxygen atoms in total. The van der Waals surface area contributed by atoms with Crippen molar-refractivity contribution >= 4 is 11.4 Å². The van der Waals surface area contributed by atoms with Crippen molar-refractivity contribution in [2.24, 2.45) is 16.1 Å². The fourth-order valence-corrected chi connectivity index (χ4v) is 11.5. The Kier molecular flexibility index (Phi) is 5.60. The maximum atomic E-state index is 12.7. The molecule has 10 rings (SSSR count). The maximum absolute atomic E-state index is 12.7. The Morgan fingerprint density at radius 3 is 2.34 bits per heavy atom. The van der Waals surface area contributed by atoms with Gasteiger partial charge in [0, 0.05) is 48.8 Å². The Hall–Kier alpha value is -3.92. The molecule has 4 aliphatic heterocycles. The molecular formula is C38H40N4O5. The topological polar surface area (TPSA) is 110 Å². The summed E-state index contributed by atoms with van der Waals surface area (Å²) in [5.41, 5.74) is 3.93. The summed E-state index contributed by atoms with van der Waals surface area (Å²) in [6.07, 6.45) is 11.6. The van der Waals surface area contributed by atoms with E-state index in [0.717, 1.165) is 60.6 Å². The number of nitrogens with zero attached hydrogens (tertiary/aromatic N) is 4. The summed E-state index contributed by atoms with van der Waals surface area (Å²) in [5, 5.41) is 44.6. The third-order valence-electron chi connectivity index (χ3n) is 13.3. The van der Waals surface area contributed by atoms with Crippen LogP contribution in [0.25, 0.3) is 0 Å². The van der Waals surface area contributed by atoms with Crippen LogP contribution in [0.5, 0.6) is 23.0 Å². The highest BCUT2D eigenvalue weighted by Crippen LogP contribution is 2.65. The molecule has 2 saturated heterocycles. The molecule has 242 valence electrons. The maximum Gasteiger partial charge on any atom is 0.166 e. The van der Waals surface area contributed by atoms with E-state index in [-0.39, 0.29) is 35.0 Å². The van der Waals surface area contributed by atoms with E-state index in [9.17, 15) is 15.3 Å². The molecule has 47 heavy (non-hydrogen) atoms. The first-order valence-electron chi connectivity index (χ1n) is 17.1. The predicted molar refractivity (Wildman–Crippen MR) is 178 cm³/mol. The molecule has 2 spiro atoms. The van der Waals surface area contributed by atoms with Gasteiger partial charge in [0.25, 0.3) is 0 Å².